The summed E-state index contributed by atoms with van der Waals surface area (Å²) in [6, 6.07) is 10.6. The second-order valence-electron chi connectivity index (χ2n) is 4.48. The summed E-state index contributed by atoms with van der Waals surface area (Å²) in [6.07, 6.45) is 0. The van der Waals surface area contributed by atoms with Gasteiger partial charge in [0.05, 0.1) is 23.4 Å². The topological polar surface area (TPSA) is 64.6 Å². The lowest BCUT2D eigenvalue weighted by molar-refractivity contribution is 0.0950. The Morgan fingerprint density at radius 3 is 2.41 bits per heavy atom. The number of hydrogen-bond acceptors (Lipinski definition) is 5. The monoisotopic (exact) mass is 319 g/mol. The van der Waals surface area contributed by atoms with Crippen LogP contribution < -0.4 is 14.8 Å². The second-order valence-corrected chi connectivity index (χ2v) is 5.56. The van der Waals surface area contributed by atoms with Gasteiger partial charge in [0.1, 0.15) is 6.61 Å². The SMILES string of the molecule is COc1ccccc1OCCNC(=O)c1ccc(C(C)=O)s1. The molecule has 0 aliphatic rings. The van der Waals surface area contributed by atoms with Gasteiger partial charge >= 0.3 is 0 Å². The molecule has 0 spiro atoms. The first-order chi connectivity index (χ1) is 10.6. The molecule has 1 amide bonds. The minimum Gasteiger partial charge on any atom is -0.493 e. The second kappa shape index (κ2) is 7.61. The number of methoxy groups -OCH3 is 1. The number of nitrogens with one attached hydrogen (secondary N) is 1. The Morgan fingerprint density at radius 2 is 1.77 bits per heavy atom. The highest BCUT2D eigenvalue weighted by Gasteiger charge is 2.11. The first kappa shape index (κ1) is 16.0. The molecular formula is C16H17NO4S. The molecule has 0 aliphatic carbocycles. The third-order valence-corrected chi connectivity index (χ3v) is 4.08. The van der Waals surface area contributed by atoms with E-state index >= 15 is 0 Å². The predicted molar refractivity (Wildman–Crippen MR) is 85.1 cm³/mol. The van der Waals surface area contributed by atoms with Gasteiger partial charge < -0.3 is 14.8 Å². The first-order valence-electron chi connectivity index (χ1n) is 6.76. The van der Waals surface area contributed by atoms with Crippen molar-refractivity contribution < 1.29 is 19.1 Å². The number of carbonyl (C=O) groups excluding carboxylic acids is 2. The van der Waals surface area contributed by atoms with Crippen molar-refractivity contribution in [2.75, 3.05) is 20.3 Å². The summed E-state index contributed by atoms with van der Waals surface area (Å²) < 4.78 is 10.7. The number of ketones is 1. The van der Waals surface area contributed by atoms with Gasteiger partial charge in [-0.3, -0.25) is 9.59 Å². The van der Waals surface area contributed by atoms with Crippen molar-refractivity contribution in [1.29, 1.82) is 0 Å². The minimum atomic E-state index is -0.207. The van der Waals surface area contributed by atoms with Crippen molar-refractivity contribution in [1.82, 2.24) is 5.32 Å². The van der Waals surface area contributed by atoms with Crippen LogP contribution in [0.15, 0.2) is 36.4 Å². The molecule has 22 heavy (non-hydrogen) atoms. The molecule has 1 aromatic heterocycles. The zero-order valence-electron chi connectivity index (χ0n) is 12.4. The van der Waals surface area contributed by atoms with Crippen molar-refractivity contribution in [2.45, 2.75) is 6.92 Å². The first-order valence-corrected chi connectivity index (χ1v) is 7.58. The Bertz CT molecular complexity index is 666. The van der Waals surface area contributed by atoms with Gasteiger partial charge in [0.25, 0.3) is 5.91 Å². The third-order valence-electron chi connectivity index (χ3n) is 2.89. The smallest absolute Gasteiger partial charge is 0.261 e. The zero-order valence-corrected chi connectivity index (χ0v) is 13.2. The van der Waals surface area contributed by atoms with Crippen molar-refractivity contribution in [3.05, 3.63) is 46.2 Å². The van der Waals surface area contributed by atoms with Gasteiger partial charge in [-0.05, 0) is 31.2 Å². The number of hydrogen-bond donors (Lipinski definition) is 1. The maximum atomic E-state index is 11.9. The summed E-state index contributed by atoms with van der Waals surface area (Å²) in [7, 11) is 1.58. The normalized spacial score (nSPS) is 10.1. The lowest BCUT2D eigenvalue weighted by Gasteiger charge is -2.10. The summed E-state index contributed by atoms with van der Waals surface area (Å²) in [4.78, 5) is 24.2. The van der Waals surface area contributed by atoms with E-state index in [4.69, 9.17) is 9.47 Å². The summed E-state index contributed by atoms with van der Waals surface area (Å²) >= 11 is 1.19. The summed E-state index contributed by atoms with van der Waals surface area (Å²) in [6.45, 7) is 2.18. The van der Waals surface area contributed by atoms with Gasteiger partial charge in [-0.15, -0.1) is 11.3 Å². The van der Waals surface area contributed by atoms with Gasteiger partial charge in [0.15, 0.2) is 17.3 Å². The van der Waals surface area contributed by atoms with E-state index in [0.29, 0.717) is 34.4 Å². The van der Waals surface area contributed by atoms with Gasteiger partial charge in [0.2, 0.25) is 0 Å². The van der Waals surface area contributed by atoms with E-state index in [-0.39, 0.29) is 11.7 Å². The number of benzene rings is 1. The molecule has 0 bridgehead atoms. The highest BCUT2D eigenvalue weighted by atomic mass is 32.1. The highest BCUT2D eigenvalue weighted by Crippen LogP contribution is 2.25. The van der Waals surface area contributed by atoms with Crippen LogP contribution in [0.25, 0.3) is 0 Å². The van der Waals surface area contributed by atoms with E-state index in [1.165, 1.54) is 18.3 Å². The number of rotatable bonds is 7. The van der Waals surface area contributed by atoms with Crippen LogP contribution in [0.5, 0.6) is 11.5 Å². The van der Waals surface area contributed by atoms with Crippen molar-refractivity contribution in [3.63, 3.8) is 0 Å². The van der Waals surface area contributed by atoms with Gasteiger partial charge in [-0.2, -0.15) is 0 Å². The van der Waals surface area contributed by atoms with Crippen LogP contribution in [0.4, 0.5) is 0 Å². The molecule has 1 aromatic carbocycles. The average Bonchev–Trinajstić information content (AvgIpc) is 3.02. The van der Waals surface area contributed by atoms with E-state index in [0.717, 1.165) is 0 Å². The van der Waals surface area contributed by atoms with Crippen molar-refractivity contribution in [3.8, 4) is 11.5 Å². The Hall–Kier alpha value is -2.34. The molecule has 116 valence electrons. The molecule has 0 aliphatic heterocycles. The number of Topliss-reactive ketones (excluding diaryl/α,β-unsaturated/α-hetero) is 1. The fraction of sp³-hybridized carbons (Fsp3) is 0.250. The molecule has 0 atom stereocenters. The minimum absolute atomic E-state index is 0.0384. The molecule has 1 N–H and O–H groups in total. The van der Waals surface area contributed by atoms with E-state index < -0.39 is 0 Å². The fourth-order valence-electron chi connectivity index (χ4n) is 1.80. The maximum absolute atomic E-state index is 11.9. The molecule has 0 fully saturated rings. The van der Waals surface area contributed by atoms with Crippen LogP contribution >= 0.6 is 11.3 Å². The number of carbonyl (C=O) groups is 2. The van der Waals surface area contributed by atoms with Gasteiger partial charge in [-0.1, -0.05) is 12.1 Å². The Balaban J connectivity index is 1.80. The fourth-order valence-corrected chi connectivity index (χ4v) is 2.62. The van der Waals surface area contributed by atoms with E-state index in [1.807, 2.05) is 18.2 Å². The Morgan fingerprint density at radius 1 is 1.09 bits per heavy atom. The molecule has 0 saturated carbocycles. The maximum Gasteiger partial charge on any atom is 0.261 e. The van der Waals surface area contributed by atoms with Gasteiger partial charge in [0, 0.05) is 0 Å². The Labute approximate surface area is 132 Å². The zero-order chi connectivity index (χ0) is 15.9. The quantitative estimate of drug-likeness (QED) is 0.629. The van der Waals surface area contributed by atoms with Gasteiger partial charge in [-0.25, -0.2) is 0 Å². The molecule has 2 rings (SSSR count). The highest BCUT2D eigenvalue weighted by molar-refractivity contribution is 7.15. The number of amides is 1. The lowest BCUT2D eigenvalue weighted by atomic mass is 10.3. The molecular weight excluding hydrogens is 302 g/mol. The van der Waals surface area contributed by atoms with Crippen LogP contribution in [0.3, 0.4) is 0 Å². The summed E-state index contributed by atoms with van der Waals surface area (Å²) in [5, 5.41) is 2.75. The summed E-state index contributed by atoms with van der Waals surface area (Å²) in [5.41, 5.74) is 0. The number of para-hydroxylation sites is 2. The Kier molecular flexibility index (Phi) is 5.55. The lowest BCUT2D eigenvalue weighted by Crippen LogP contribution is -2.27. The van der Waals surface area contributed by atoms with Crippen LogP contribution in [-0.4, -0.2) is 32.0 Å². The van der Waals surface area contributed by atoms with E-state index in [1.54, 1.807) is 25.3 Å². The van der Waals surface area contributed by atoms with E-state index in [2.05, 4.69) is 5.32 Å². The molecule has 5 nitrogen and oxygen atoms in total. The van der Waals surface area contributed by atoms with Crippen molar-refractivity contribution in [2.24, 2.45) is 0 Å². The largest absolute Gasteiger partial charge is 0.493 e. The number of thiophene rings is 1. The van der Waals surface area contributed by atoms with Crippen molar-refractivity contribution >= 4 is 23.0 Å². The van der Waals surface area contributed by atoms with Crippen LogP contribution in [0, 0.1) is 0 Å². The molecule has 1 heterocycles. The standard InChI is InChI=1S/C16H17NO4S/c1-11(18)14-7-8-15(22-14)16(19)17-9-10-21-13-6-4-3-5-12(13)20-2/h3-8H,9-10H2,1-2H3,(H,17,19). The third kappa shape index (κ3) is 4.08. The van der Waals surface area contributed by atoms with E-state index in [9.17, 15) is 9.59 Å². The predicted octanol–water partition coefficient (Wildman–Crippen LogP) is 2.77. The number of ether oxygens (including phenoxy) is 2. The van der Waals surface area contributed by atoms with Crippen LogP contribution in [0.1, 0.15) is 26.3 Å². The summed E-state index contributed by atoms with van der Waals surface area (Å²) in [5.74, 6) is 1.04. The molecule has 0 radical (unpaired) electrons. The van der Waals surface area contributed by atoms with Crippen LogP contribution in [-0.2, 0) is 0 Å². The van der Waals surface area contributed by atoms with Crippen LogP contribution in [0.2, 0.25) is 0 Å². The molecule has 6 heteroatoms. The molecule has 0 saturated heterocycles. The molecule has 2 aromatic rings. The average molecular weight is 319 g/mol. The molecule has 0 unspecified atom stereocenters.